The smallest absolute Gasteiger partial charge is 0.252 e. The van der Waals surface area contributed by atoms with E-state index in [1.807, 2.05) is 0 Å². The van der Waals surface area contributed by atoms with Crippen LogP contribution >= 0.6 is 0 Å². The lowest BCUT2D eigenvalue weighted by atomic mass is 9.94. The Balaban J connectivity index is 1.60. The van der Waals surface area contributed by atoms with E-state index in [2.05, 4.69) is 10.6 Å². The highest BCUT2D eigenvalue weighted by Crippen LogP contribution is 2.29. The molecule has 142 valence electrons. The summed E-state index contributed by atoms with van der Waals surface area (Å²) in [7, 11) is 0. The summed E-state index contributed by atoms with van der Waals surface area (Å²) in [5, 5.41) is 6.13. The van der Waals surface area contributed by atoms with Gasteiger partial charge in [0.2, 0.25) is 0 Å². The minimum absolute atomic E-state index is 0.190. The average Bonchev–Trinajstić information content (AvgIpc) is 2.93. The van der Waals surface area contributed by atoms with Crippen molar-refractivity contribution < 1.29 is 19.1 Å². The number of nitrogens with one attached hydrogen (secondary N) is 2. The Morgan fingerprint density at radius 2 is 1.08 bits per heavy atom. The third kappa shape index (κ3) is 4.94. The molecule has 1 saturated heterocycles. The quantitative estimate of drug-likeness (QED) is 0.814. The molecule has 1 heterocycles. The molecule has 25 heavy (non-hydrogen) atoms. The molecule has 6 nitrogen and oxygen atoms in total. The second-order valence-electron chi connectivity index (χ2n) is 8.16. The molecule has 0 radical (unpaired) electrons. The van der Waals surface area contributed by atoms with Crippen molar-refractivity contribution in [1.29, 1.82) is 0 Å². The topological polar surface area (TPSA) is 76.7 Å². The van der Waals surface area contributed by atoms with Gasteiger partial charge < -0.3 is 20.1 Å². The van der Waals surface area contributed by atoms with E-state index in [9.17, 15) is 9.59 Å². The molecule has 0 bridgehead atoms. The van der Waals surface area contributed by atoms with E-state index in [1.165, 1.54) is 12.8 Å². The molecule has 2 atom stereocenters. The van der Waals surface area contributed by atoms with Gasteiger partial charge in [-0.1, -0.05) is 38.5 Å². The zero-order valence-electron chi connectivity index (χ0n) is 15.5. The molecule has 0 unspecified atom stereocenters. The fourth-order valence-electron chi connectivity index (χ4n) is 4.21. The van der Waals surface area contributed by atoms with Gasteiger partial charge in [0.1, 0.15) is 0 Å². The molecule has 2 amide bonds. The van der Waals surface area contributed by atoms with Crippen LogP contribution in [-0.2, 0) is 19.1 Å². The summed E-state index contributed by atoms with van der Waals surface area (Å²) in [6, 6.07) is 0.381. The highest BCUT2D eigenvalue weighted by atomic mass is 16.8. The summed E-state index contributed by atoms with van der Waals surface area (Å²) in [4.78, 5) is 25.4. The van der Waals surface area contributed by atoms with Gasteiger partial charge >= 0.3 is 0 Å². The van der Waals surface area contributed by atoms with Gasteiger partial charge in [0, 0.05) is 12.1 Å². The fourth-order valence-corrected chi connectivity index (χ4v) is 4.21. The van der Waals surface area contributed by atoms with Crippen LogP contribution in [0, 0.1) is 0 Å². The number of rotatable bonds is 4. The van der Waals surface area contributed by atoms with Crippen LogP contribution in [0.4, 0.5) is 0 Å². The second kappa shape index (κ2) is 8.04. The third-order valence-corrected chi connectivity index (χ3v) is 5.52. The maximum Gasteiger partial charge on any atom is 0.252 e. The monoisotopic (exact) mass is 352 g/mol. The summed E-state index contributed by atoms with van der Waals surface area (Å²) >= 11 is 0. The molecule has 3 aliphatic rings. The van der Waals surface area contributed by atoms with E-state index < -0.39 is 18.0 Å². The third-order valence-electron chi connectivity index (χ3n) is 5.52. The normalized spacial score (nSPS) is 30.8. The molecule has 6 heteroatoms. The first kappa shape index (κ1) is 18.6. The molecule has 2 aliphatic carbocycles. The Kier molecular flexibility index (Phi) is 6.00. The Morgan fingerprint density at radius 1 is 0.720 bits per heavy atom. The first-order valence-electron chi connectivity index (χ1n) is 9.91. The maximum atomic E-state index is 12.7. The largest absolute Gasteiger partial charge is 0.351 e. The van der Waals surface area contributed by atoms with Crippen molar-refractivity contribution in [3.63, 3.8) is 0 Å². The number of ether oxygens (including phenoxy) is 2. The Morgan fingerprint density at radius 3 is 1.44 bits per heavy atom. The lowest BCUT2D eigenvalue weighted by Crippen LogP contribution is -2.52. The Hall–Kier alpha value is -1.14. The van der Waals surface area contributed by atoms with E-state index in [1.54, 1.807) is 13.8 Å². The Bertz CT molecular complexity index is 440. The van der Waals surface area contributed by atoms with Crippen molar-refractivity contribution in [3.8, 4) is 0 Å². The standard InChI is InChI=1S/C19H32N2O4/c1-19(2)24-15(17(22)20-13-9-5-3-6-10-13)16(25-19)18(23)21-14-11-7-4-8-12-14/h13-16H,3-12H2,1-2H3,(H,20,22)(H,21,23)/t15-,16-/m0/s1. The summed E-state index contributed by atoms with van der Waals surface area (Å²) in [6.07, 6.45) is 9.29. The van der Waals surface area contributed by atoms with Crippen LogP contribution in [0.15, 0.2) is 0 Å². The summed E-state index contributed by atoms with van der Waals surface area (Å²) in [5.41, 5.74) is 0. The van der Waals surface area contributed by atoms with Crippen molar-refractivity contribution in [1.82, 2.24) is 10.6 Å². The number of amides is 2. The molecule has 0 spiro atoms. The van der Waals surface area contributed by atoms with Crippen molar-refractivity contribution >= 4 is 11.8 Å². The average molecular weight is 352 g/mol. The summed E-state index contributed by atoms with van der Waals surface area (Å²) < 4.78 is 11.6. The fraction of sp³-hybridized carbons (Fsp3) is 0.895. The minimum atomic E-state index is -0.927. The predicted octanol–water partition coefficient (Wildman–Crippen LogP) is 2.40. The van der Waals surface area contributed by atoms with Crippen LogP contribution in [0.25, 0.3) is 0 Å². The SMILES string of the molecule is CC1(C)O[C@H](C(=O)NC2CCCCC2)[C@@H](C(=O)NC2CCCCC2)O1. The maximum absolute atomic E-state index is 12.7. The molecular weight excluding hydrogens is 320 g/mol. The van der Waals surface area contributed by atoms with Crippen LogP contribution in [0.2, 0.25) is 0 Å². The number of carbonyl (C=O) groups is 2. The lowest BCUT2D eigenvalue weighted by Gasteiger charge is -2.26. The first-order valence-corrected chi connectivity index (χ1v) is 9.91. The number of hydrogen-bond donors (Lipinski definition) is 2. The van der Waals surface area contributed by atoms with Gasteiger partial charge in [0.05, 0.1) is 0 Å². The van der Waals surface area contributed by atoms with Gasteiger partial charge in [-0.05, 0) is 39.5 Å². The zero-order chi connectivity index (χ0) is 17.9. The van der Waals surface area contributed by atoms with E-state index >= 15 is 0 Å². The molecular formula is C19H32N2O4. The van der Waals surface area contributed by atoms with Crippen LogP contribution in [0.3, 0.4) is 0 Å². The van der Waals surface area contributed by atoms with Gasteiger partial charge in [0.25, 0.3) is 11.8 Å². The number of hydrogen-bond acceptors (Lipinski definition) is 4. The molecule has 3 rings (SSSR count). The van der Waals surface area contributed by atoms with Crippen molar-refractivity contribution in [3.05, 3.63) is 0 Å². The van der Waals surface area contributed by atoms with E-state index in [0.717, 1.165) is 51.4 Å². The van der Waals surface area contributed by atoms with Crippen LogP contribution in [0.5, 0.6) is 0 Å². The van der Waals surface area contributed by atoms with Gasteiger partial charge in [-0.2, -0.15) is 0 Å². The van der Waals surface area contributed by atoms with Gasteiger partial charge in [0.15, 0.2) is 18.0 Å². The van der Waals surface area contributed by atoms with Gasteiger partial charge in [-0.3, -0.25) is 9.59 Å². The molecule has 0 aromatic heterocycles. The highest BCUT2D eigenvalue weighted by Gasteiger charge is 2.49. The van der Waals surface area contributed by atoms with Gasteiger partial charge in [-0.15, -0.1) is 0 Å². The van der Waals surface area contributed by atoms with E-state index in [0.29, 0.717) is 0 Å². The lowest BCUT2D eigenvalue weighted by molar-refractivity contribution is -0.160. The number of carbonyl (C=O) groups excluding carboxylic acids is 2. The van der Waals surface area contributed by atoms with Crippen molar-refractivity contribution in [2.45, 2.75) is 108 Å². The molecule has 1 aliphatic heterocycles. The van der Waals surface area contributed by atoms with Crippen LogP contribution in [0.1, 0.15) is 78.1 Å². The second-order valence-corrected chi connectivity index (χ2v) is 8.16. The van der Waals surface area contributed by atoms with E-state index in [4.69, 9.17) is 9.47 Å². The van der Waals surface area contributed by atoms with Crippen molar-refractivity contribution in [2.24, 2.45) is 0 Å². The summed E-state index contributed by atoms with van der Waals surface area (Å²) in [5.74, 6) is -1.37. The summed E-state index contributed by atoms with van der Waals surface area (Å²) in [6.45, 7) is 3.50. The van der Waals surface area contributed by atoms with Crippen LogP contribution in [-0.4, -0.2) is 41.9 Å². The molecule has 2 saturated carbocycles. The van der Waals surface area contributed by atoms with Gasteiger partial charge in [-0.25, -0.2) is 0 Å². The predicted molar refractivity (Wildman–Crippen MR) is 93.9 cm³/mol. The Labute approximate surface area is 150 Å². The first-order chi connectivity index (χ1) is 11.9. The minimum Gasteiger partial charge on any atom is -0.351 e. The molecule has 2 N–H and O–H groups in total. The van der Waals surface area contributed by atoms with Crippen LogP contribution < -0.4 is 10.6 Å². The highest BCUT2D eigenvalue weighted by molar-refractivity contribution is 5.91. The molecule has 0 aromatic rings. The molecule has 3 fully saturated rings. The van der Waals surface area contributed by atoms with Crippen molar-refractivity contribution in [2.75, 3.05) is 0 Å². The zero-order valence-corrected chi connectivity index (χ0v) is 15.5. The van der Waals surface area contributed by atoms with E-state index in [-0.39, 0.29) is 23.9 Å². The molecule has 0 aromatic carbocycles.